The third kappa shape index (κ3) is 8.04. The van der Waals surface area contributed by atoms with Gasteiger partial charge in [0.1, 0.15) is 5.82 Å². The van der Waals surface area contributed by atoms with E-state index in [9.17, 15) is 5.11 Å². The van der Waals surface area contributed by atoms with Crippen molar-refractivity contribution in [2.75, 3.05) is 11.1 Å². The number of rotatable bonds is 4. The van der Waals surface area contributed by atoms with Gasteiger partial charge in [-0.05, 0) is 35.4 Å². The number of hydrogen-bond acceptors (Lipinski definition) is 8. The van der Waals surface area contributed by atoms with Gasteiger partial charge in [-0.2, -0.15) is 4.98 Å². The lowest BCUT2D eigenvalue weighted by atomic mass is 9.98. The van der Waals surface area contributed by atoms with Gasteiger partial charge >= 0.3 is 0 Å². The summed E-state index contributed by atoms with van der Waals surface area (Å²) in [6.45, 7) is 2.85. The largest absolute Gasteiger partial charge is 0.481 e. The first kappa shape index (κ1) is 25.0. The second kappa shape index (κ2) is 11.9. The number of fused-ring (bicyclic) bond motifs is 1. The van der Waals surface area contributed by atoms with E-state index in [-0.39, 0.29) is 12.6 Å². The Hall–Kier alpha value is -4.31. The number of aliphatic imine (C=N–C) groups is 1. The van der Waals surface area contributed by atoms with Gasteiger partial charge in [0.2, 0.25) is 5.95 Å². The summed E-state index contributed by atoms with van der Waals surface area (Å²) in [5.41, 5.74) is 11.6. The van der Waals surface area contributed by atoms with Crippen molar-refractivity contribution in [1.82, 2.24) is 9.97 Å². The Bertz CT molecular complexity index is 1140. The lowest BCUT2D eigenvalue weighted by Gasteiger charge is -2.10. The van der Waals surface area contributed by atoms with Gasteiger partial charge < -0.3 is 26.4 Å². The first-order chi connectivity index (χ1) is 15.7. The minimum Gasteiger partial charge on any atom is -0.481 e. The second-order valence-electron chi connectivity index (χ2n) is 6.86. The van der Waals surface area contributed by atoms with E-state index < -0.39 is 11.9 Å². The van der Waals surface area contributed by atoms with Crippen molar-refractivity contribution in [2.24, 2.45) is 4.99 Å². The molecule has 0 aliphatic carbocycles. The van der Waals surface area contributed by atoms with Crippen LogP contribution in [0.3, 0.4) is 0 Å². The highest BCUT2D eigenvalue weighted by molar-refractivity contribution is 6.15. The summed E-state index contributed by atoms with van der Waals surface area (Å²) in [5, 5.41) is 27.4. The number of anilines is 3. The number of hydrogen-bond donors (Lipinski definition) is 5. The van der Waals surface area contributed by atoms with E-state index >= 15 is 0 Å². The van der Waals surface area contributed by atoms with Gasteiger partial charge in [-0.1, -0.05) is 24.3 Å². The fourth-order valence-corrected chi connectivity index (χ4v) is 2.92. The molecule has 3 aromatic rings. The summed E-state index contributed by atoms with van der Waals surface area (Å²) >= 11 is 0. The van der Waals surface area contributed by atoms with E-state index in [1.54, 1.807) is 12.3 Å². The standard InChI is InChI=1S/C19H17N5O.2C2H4O2/c20-19-21-7-6-17(24-19)23-15-5-4-14-10-22-18(16(14)9-15)13-3-1-2-12(8-13)11-25;2*1-2(3)4/h1-9,25H,10-11H2,(H3,20,21,23,24);2*1H3,(H,3,4). The molecule has 0 spiro atoms. The van der Waals surface area contributed by atoms with Crippen LogP contribution in [0.15, 0.2) is 59.7 Å². The van der Waals surface area contributed by atoms with Gasteiger partial charge in [0, 0.05) is 36.9 Å². The molecule has 0 unspecified atom stereocenters. The molecule has 0 saturated heterocycles. The minimum atomic E-state index is -0.833. The van der Waals surface area contributed by atoms with E-state index in [1.165, 1.54) is 5.56 Å². The lowest BCUT2D eigenvalue weighted by molar-refractivity contribution is -0.135. The molecule has 1 aromatic heterocycles. The average Bonchev–Trinajstić information content (AvgIpc) is 3.16. The van der Waals surface area contributed by atoms with Gasteiger partial charge in [-0.3, -0.25) is 14.6 Å². The number of nitrogens with two attached hydrogens (primary N) is 1. The molecule has 172 valence electrons. The quantitative estimate of drug-likeness (QED) is 0.400. The van der Waals surface area contributed by atoms with Gasteiger partial charge in [0.05, 0.1) is 18.9 Å². The summed E-state index contributed by atoms with van der Waals surface area (Å²) in [7, 11) is 0. The molecular weight excluding hydrogens is 426 g/mol. The summed E-state index contributed by atoms with van der Waals surface area (Å²) in [5.74, 6) is -0.791. The number of carbonyl (C=O) groups is 2. The fraction of sp³-hybridized carbons (Fsp3) is 0.174. The molecule has 6 N–H and O–H groups in total. The number of nitrogen functional groups attached to an aromatic ring is 1. The molecule has 33 heavy (non-hydrogen) atoms. The molecule has 0 atom stereocenters. The number of nitrogens with one attached hydrogen (secondary N) is 1. The molecule has 1 aliphatic heterocycles. The zero-order valence-corrected chi connectivity index (χ0v) is 18.2. The van der Waals surface area contributed by atoms with Crippen LogP contribution in [0.2, 0.25) is 0 Å². The number of aliphatic hydroxyl groups excluding tert-OH is 1. The van der Waals surface area contributed by atoms with Crippen LogP contribution in [0.1, 0.15) is 36.1 Å². The molecule has 2 heterocycles. The van der Waals surface area contributed by atoms with Gasteiger partial charge in [-0.25, -0.2) is 4.98 Å². The van der Waals surface area contributed by atoms with Crippen LogP contribution in [-0.4, -0.2) is 42.9 Å². The zero-order chi connectivity index (χ0) is 24.4. The number of aliphatic hydroxyl groups is 1. The van der Waals surface area contributed by atoms with Crippen molar-refractivity contribution in [3.05, 3.63) is 77.0 Å². The first-order valence-electron chi connectivity index (χ1n) is 9.82. The first-order valence-corrected chi connectivity index (χ1v) is 9.82. The van der Waals surface area contributed by atoms with Crippen LogP contribution in [-0.2, 0) is 22.7 Å². The molecule has 0 bridgehead atoms. The van der Waals surface area contributed by atoms with Crippen LogP contribution in [0.4, 0.5) is 17.5 Å². The molecule has 0 fully saturated rings. The number of aromatic nitrogens is 2. The highest BCUT2D eigenvalue weighted by atomic mass is 16.4. The SMILES string of the molecule is CC(=O)O.CC(=O)O.Nc1nccc(Nc2ccc3c(c2)C(c2cccc(CO)c2)=NC3)n1. The predicted molar refractivity (Wildman–Crippen MR) is 124 cm³/mol. The van der Waals surface area contributed by atoms with Crippen LogP contribution < -0.4 is 11.1 Å². The van der Waals surface area contributed by atoms with E-state index in [4.69, 9.17) is 25.5 Å². The van der Waals surface area contributed by atoms with Crippen molar-refractivity contribution < 1.29 is 24.9 Å². The van der Waals surface area contributed by atoms with Gasteiger partial charge in [0.25, 0.3) is 11.9 Å². The van der Waals surface area contributed by atoms with E-state index in [1.807, 2.05) is 30.3 Å². The highest BCUT2D eigenvalue weighted by Gasteiger charge is 2.18. The minimum absolute atomic E-state index is 0.0186. The third-order valence-electron chi connectivity index (χ3n) is 4.10. The maximum atomic E-state index is 9.36. The number of aliphatic carboxylic acids is 2. The number of benzene rings is 2. The van der Waals surface area contributed by atoms with Crippen LogP contribution in [0, 0.1) is 0 Å². The topological polar surface area (TPSA) is 171 Å². The van der Waals surface area contributed by atoms with Crippen molar-refractivity contribution in [2.45, 2.75) is 27.0 Å². The number of carboxylic acid groups (broad SMARTS) is 2. The summed E-state index contributed by atoms with van der Waals surface area (Å²) in [6, 6.07) is 15.7. The average molecular weight is 451 g/mol. The normalized spacial score (nSPS) is 11.1. The molecule has 1 aliphatic rings. The Morgan fingerprint density at radius 3 is 2.39 bits per heavy atom. The highest BCUT2D eigenvalue weighted by Crippen LogP contribution is 2.27. The molecule has 0 amide bonds. The number of carboxylic acids is 2. The zero-order valence-electron chi connectivity index (χ0n) is 18.2. The summed E-state index contributed by atoms with van der Waals surface area (Å²) < 4.78 is 0. The van der Waals surface area contributed by atoms with Gasteiger partial charge in [-0.15, -0.1) is 0 Å². The maximum absolute atomic E-state index is 9.36. The summed E-state index contributed by atoms with van der Waals surface area (Å²) in [4.78, 5) is 30.7. The third-order valence-corrected chi connectivity index (χ3v) is 4.10. The maximum Gasteiger partial charge on any atom is 0.300 e. The molecule has 2 aromatic carbocycles. The summed E-state index contributed by atoms with van der Waals surface area (Å²) in [6.07, 6.45) is 1.62. The Balaban J connectivity index is 0.000000420. The Morgan fingerprint density at radius 1 is 1.06 bits per heavy atom. The van der Waals surface area contributed by atoms with Crippen molar-refractivity contribution in [1.29, 1.82) is 0 Å². The monoisotopic (exact) mass is 451 g/mol. The van der Waals surface area contributed by atoms with Gasteiger partial charge in [0.15, 0.2) is 0 Å². The van der Waals surface area contributed by atoms with Crippen molar-refractivity contribution in [3.63, 3.8) is 0 Å². The molecular formula is C23H25N5O5. The van der Waals surface area contributed by atoms with E-state index in [0.717, 1.165) is 41.9 Å². The lowest BCUT2D eigenvalue weighted by Crippen LogP contribution is -2.04. The molecule has 0 radical (unpaired) electrons. The fourth-order valence-electron chi connectivity index (χ4n) is 2.92. The number of nitrogens with zero attached hydrogens (tertiary/aromatic N) is 3. The van der Waals surface area contributed by atoms with Crippen molar-refractivity contribution in [3.8, 4) is 0 Å². The van der Waals surface area contributed by atoms with Crippen LogP contribution in [0.25, 0.3) is 0 Å². The molecule has 10 heteroatoms. The van der Waals surface area contributed by atoms with Crippen LogP contribution in [0.5, 0.6) is 0 Å². The van der Waals surface area contributed by atoms with E-state index in [0.29, 0.717) is 12.4 Å². The Labute approximate surface area is 190 Å². The van der Waals surface area contributed by atoms with Crippen LogP contribution >= 0.6 is 0 Å². The molecule has 4 rings (SSSR count). The Kier molecular flexibility index (Phi) is 9.01. The Morgan fingerprint density at radius 2 is 1.76 bits per heavy atom. The molecule has 10 nitrogen and oxygen atoms in total. The smallest absolute Gasteiger partial charge is 0.300 e. The predicted octanol–water partition coefficient (Wildman–Crippen LogP) is 2.83. The molecule has 0 saturated carbocycles. The van der Waals surface area contributed by atoms with E-state index in [2.05, 4.69) is 32.4 Å². The van der Waals surface area contributed by atoms with Crippen molar-refractivity contribution >= 4 is 35.1 Å². The second-order valence-corrected chi connectivity index (χ2v) is 6.86.